The van der Waals surface area contributed by atoms with E-state index >= 15 is 0 Å². The zero-order chi connectivity index (χ0) is 14.9. The van der Waals surface area contributed by atoms with Crippen molar-refractivity contribution in [3.63, 3.8) is 0 Å². The van der Waals surface area contributed by atoms with Crippen molar-refractivity contribution in [1.29, 1.82) is 0 Å². The number of nitrogens with zero attached hydrogens (tertiary/aromatic N) is 2. The van der Waals surface area contributed by atoms with Gasteiger partial charge in [0.2, 0.25) is 0 Å². The number of hydrogen-bond acceptors (Lipinski definition) is 4. The molecule has 0 radical (unpaired) electrons. The first kappa shape index (κ1) is 15.9. The van der Waals surface area contributed by atoms with Crippen LogP contribution in [-0.2, 0) is 0 Å². The van der Waals surface area contributed by atoms with E-state index < -0.39 is 0 Å². The third-order valence-corrected chi connectivity index (χ3v) is 5.78. The molecular formula is C13H18BrN3OS2. The fourth-order valence-electron chi connectivity index (χ4n) is 2.23. The van der Waals surface area contributed by atoms with E-state index in [1.807, 2.05) is 30.2 Å². The molecular weight excluding hydrogens is 358 g/mol. The van der Waals surface area contributed by atoms with Gasteiger partial charge < -0.3 is 10.6 Å². The Morgan fingerprint density at radius 2 is 2.00 bits per heavy atom. The summed E-state index contributed by atoms with van der Waals surface area (Å²) in [6.45, 7) is 7.06. The van der Waals surface area contributed by atoms with Crippen LogP contribution in [0.15, 0.2) is 15.2 Å². The summed E-state index contributed by atoms with van der Waals surface area (Å²) in [6.07, 6.45) is 0. The Bertz CT molecular complexity index is 521. The molecule has 2 heterocycles. The van der Waals surface area contributed by atoms with Gasteiger partial charge in [-0.25, -0.2) is 0 Å². The van der Waals surface area contributed by atoms with Crippen LogP contribution in [0, 0.1) is 0 Å². The minimum atomic E-state index is -0.296. The Labute approximate surface area is 137 Å². The van der Waals surface area contributed by atoms with E-state index in [-0.39, 0.29) is 11.4 Å². The molecule has 2 rings (SSSR count). The Morgan fingerprint density at radius 1 is 1.40 bits per heavy atom. The van der Waals surface area contributed by atoms with Crippen molar-refractivity contribution in [1.82, 2.24) is 9.80 Å². The second-order valence-corrected chi connectivity index (χ2v) is 8.07. The number of hydrogen-bond donors (Lipinski definition) is 1. The molecule has 7 heteroatoms. The predicted octanol–water partition coefficient (Wildman–Crippen LogP) is 2.33. The molecule has 1 fully saturated rings. The summed E-state index contributed by atoms with van der Waals surface area (Å²) in [5.41, 5.74) is 6.25. The monoisotopic (exact) mass is 375 g/mol. The average Bonchev–Trinajstić information content (AvgIpc) is 2.84. The average molecular weight is 376 g/mol. The van der Waals surface area contributed by atoms with Gasteiger partial charge in [0.1, 0.15) is 0 Å². The van der Waals surface area contributed by atoms with E-state index in [0.717, 1.165) is 22.4 Å². The molecule has 4 nitrogen and oxygen atoms in total. The number of nitrogens with two attached hydrogens (primary N) is 1. The Morgan fingerprint density at radius 3 is 2.45 bits per heavy atom. The van der Waals surface area contributed by atoms with Gasteiger partial charge in [0.25, 0.3) is 5.91 Å². The first-order valence-electron chi connectivity index (χ1n) is 6.40. The van der Waals surface area contributed by atoms with Gasteiger partial charge in [0.05, 0.1) is 19.9 Å². The fourth-order valence-corrected chi connectivity index (χ4v) is 3.49. The molecule has 20 heavy (non-hydrogen) atoms. The number of carbonyl (C=O) groups excluding carboxylic acids is 1. The van der Waals surface area contributed by atoms with E-state index in [9.17, 15) is 4.79 Å². The summed E-state index contributed by atoms with van der Waals surface area (Å²) in [7, 11) is 0. The minimum Gasteiger partial charge on any atom is -0.392 e. The molecule has 0 spiro atoms. The van der Waals surface area contributed by atoms with E-state index in [1.165, 1.54) is 11.3 Å². The van der Waals surface area contributed by atoms with Gasteiger partial charge in [-0.05, 0) is 35.8 Å². The van der Waals surface area contributed by atoms with Gasteiger partial charge in [0.15, 0.2) is 0 Å². The van der Waals surface area contributed by atoms with Crippen molar-refractivity contribution in [3.8, 4) is 0 Å². The summed E-state index contributed by atoms with van der Waals surface area (Å²) >= 11 is 10.0. The summed E-state index contributed by atoms with van der Waals surface area (Å²) in [4.78, 5) is 17.0. The van der Waals surface area contributed by atoms with E-state index in [4.69, 9.17) is 18.0 Å². The van der Waals surface area contributed by atoms with E-state index in [2.05, 4.69) is 20.8 Å². The first-order chi connectivity index (χ1) is 9.32. The number of thiocarbonyl (C=S) groups is 1. The van der Waals surface area contributed by atoms with Crippen LogP contribution in [0.2, 0.25) is 0 Å². The van der Waals surface area contributed by atoms with Crippen molar-refractivity contribution in [2.75, 3.05) is 26.2 Å². The smallest absolute Gasteiger partial charge is 0.254 e. The topological polar surface area (TPSA) is 49.6 Å². The van der Waals surface area contributed by atoms with Crippen LogP contribution in [0.1, 0.15) is 24.2 Å². The third-order valence-electron chi connectivity index (χ3n) is 3.77. The molecule has 0 bridgehead atoms. The molecule has 0 aromatic carbocycles. The van der Waals surface area contributed by atoms with Crippen LogP contribution in [0.25, 0.3) is 0 Å². The summed E-state index contributed by atoms with van der Waals surface area (Å²) in [5.74, 6) is 0.0970. The molecule has 110 valence electrons. The van der Waals surface area contributed by atoms with Gasteiger partial charge in [0, 0.05) is 31.6 Å². The summed E-state index contributed by atoms with van der Waals surface area (Å²) in [5, 5.41) is 1.89. The quantitative estimate of drug-likeness (QED) is 0.823. The fraction of sp³-hybridized carbons (Fsp3) is 0.538. The van der Waals surface area contributed by atoms with Gasteiger partial charge in [-0.3, -0.25) is 9.69 Å². The van der Waals surface area contributed by atoms with Crippen molar-refractivity contribution in [2.45, 2.75) is 19.4 Å². The number of carbonyl (C=O) groups is 1. The molecule has 1 aromatic heterocycles. The highest BCUT2D eigenvalue weighted by molar-refractivity contribution is 9.11. The molecule has 0 unspecified atom stereocenters. The van der Waals surface area contributed by atoms with Crippen LogP contribution in [0.4, 0.5) is 0 Å². The molecule has 1 aliphatic rings. The van der Waals surface area contributed by atoms with Gasteiger partial charge in [-0.2, -0.15) is 0 Å². The maximum absolute atomic E-state index is 12.3. The van der Waals surface area contributed by atoms with Crippen LogP contribution < -0.4 is 5.73 Å². The first-order valence-corrected chi connectivity index (χ1v) is 8.48. The second kappa shape index (κ2) is 6.09. The molecule has 1 saturated heterocycles. The van der Waals surface area contributed by atoms with Crippen molar-refractivity contribution in [3.05, 3.63) is 20.8 Å². The molecule has 1 aromatic rings. The number of thiophene rings is 1. The third kappa shape index (κ3) is 3.21. The lowest BCUT2D eigenvalue weighted by molar-refractivity contribution is 0.0540. The Kier molecular flexibility index (Phi) is 4.84. The number of piperazine rings is 1. The van der Waals surface area contributed by atoms with Crippen LogP contribution in [0.3, 0.4) is 0 Å². The largest absolute Gasteiger partial charge is 0.392 e. The van der Waals surface area contributed by atoms with E-state index in [1.54, 1.807) is 0 Å². The highest BCUT2D eigenvalue weighted by Crippen LogP contribution is 2.23. The van der Waals surface area contributed by atoms with Gasteiger partial charge in [-0.15, -0.1) is 11.3 Å². The molecule has 2 N–H and O–H groups in total. The number of amides is 1. The zero-order valence-corrected chi connectivity index (χ0v) is 14.8. The summed E-state index contributed by atoms with van der Waals surface area (Å²) < 4.78 is 0.981. The Balaban J connectivity index is 1.98. The van der Waals surface area contributed by atoms with Crippen LogP contribution in [0.5, 0.6) is 0 Å². The Hall–Kier alpha value is -0.500. The SMILES string of the molecule is CC(C)(C(N)=S)N1CCN(C(=O)c2csc(Br)c2)CC1. The van der Waals surface area contributed by atoms with Crippen LogP contribution >= 0.6 is 39.5 Å². The van der Waals surface area contributed by atoms with E-state index in [0.29, 0.717) is 18.1 Å². The molecule has 0 atom stereocenters. The number of rotatable bonds is 3. The highest BCUT2D eigenvalue weighted by atomic mass is 79.9. The second-order valence-electron chi connectivity index (χ2n) is 5.34. The normalized spacial score (nSPS) is 17.2. The minimum absolute atomic E-state index is 0.0970. The van der Waals surface area contributed by atoms with Crippen molar-refractivity contribution in [2.24, 2.45) is 5.73 Å². The maximum atomic E-state index is 12.3. The lowest BCUT2D eigenvalue weighted by atomic mass is 10.0. The predicted molar refractivity (Wildman–Crippen MR) is 90.4 cm³/mol. The number of halogens is 1. The van der Waals surface area contributed by atoms with Crippen molar-refractivity contribution < 1.29 is 4.79 Å². The zero-order valence-electron chi connectivity index (χ0n) is 11.6. The molecule has 0 aliphatic carbocycles. The summed E-state index contributed by atoms with van der Waals surface area (Å²) in [6, 6.07) is 1.87. The standard InChI is InChI=1S/C13H18BrN3OS2/c1-13(2,12(15)19)17-5-3-16(4-6-17)11(18)9-7-10(14)20-8-9/h7-8H,3-6H2,1-2H3,(H2,15,19). The molecule has 1 aliphatic heterocycles. The maximum Gasteiger partial charge on any atom is 0.254 e. The molecule has 0 saturated carbocycles. The van der Waals surface area contributed by atoms with Gasteiger partial charge in [-0.1, -0.05) is 12.2 Å². The van der Waals surface area contributed by atoms with Gasteiger partial charge >= 0.3 is 0 Å². The molecule has 1 amide bonds. The lowest BCUT2D eigenvalue weighted by Crippen LogP contribution is -2.59. The highest BCUT2D eigenvalue weighted by Gasteiger charge is 2.33. The van der Waals surface area contributed by atoms with Crippen LogP contribution in [-0.4, -0.2) is 52.4 Å². The van der Waals surface area contributed by atoms with Crippen molar-refractivity contribution >= 4 is 50.4 Å². The lowest BCUT2D eigenvalue weighted by Gasteiger charge is -2.43.